The van der Waals surface area contributed by atoms with Crippen molar-refractivity contribution in [3.63, 3.8) is 0 Å². The molecule has 2 aromatic heterocycles. The summed E-state index contributed by atoms with van der Waals surface area (Å²) in [6.45, 7) is 1.62. The zero-order chi connectivity index (χ0) is 16.2. The van der Waals surface area contributed by atoms with E-state index in [-0.39, 0.29) is 12.5 Å². The van der Waals surface area contributed by atoms with E-state index in [1.54, 1.807) is 18.4 Å². The first-order chi connectivity index (χ1) is 11.2. The fourth-order valence-corrected chi connectivity index (χ4v) is 3.84. The van der Waals surface area contributed by atoms with E-state index in [1.165, 1.54) is 11.3 Å². The van der Waals surface area contributed by atoms with Gasteiger partial charge in [0.25, 0.3) is 5.91 Å². The Morgan fingerprint density at radius 3 is 3.17 bits per heavy atom. The number of hydrogen-bond acceptors (Lipinski definition) is 7. The average Bonchev–Trinajstić information content (AvgIpc) is 3.25. The molecule has 1 amide bonds. The number of likely N-dealkylation sites (tertiary alicyclic amines) is 1. The minimum atomic E-state index is -0.117. The number of nitrogens with zero attached hydrogens (tertiary/aromatic N) is 3. The molecule has 0 unspecified atom stereocenters. The summed E-state index contributed by atoms with van der Waals surface area (Å²) < 4.78 is 9.97. The van der Waals surface area contributed by atoms with Gasteiger partial charge in [0.2, 0.25) is 5.89 Å². The molecule has 7 nitrogen and oxygen atoms in total. The van der Waals surface area contributed by atoms with Crippen LogP contribution in [0.25, 0.3) is 0 Å². The molecular formula is C15H20N4O3S. The van der Waals surface area contributed by atoms with Crippen molar-refractivity contribution >= 4 is 17.2 Å². The molecule has 0 spiro atoms. The largest absolute Gasteiger partial charge is 0.377 e. The maximum atomic E-state index is 12.2. The molecule has 0 bridgehead atoms. The second kappa shape index (κ2) is 7.20. The van der Waals surface area contributed by atoms with Gasteiger partial charge in [0, 0.05) is 18.0 Å². The first kappa shape index (κ1) is 16.1. The number of nitrogens with one attached hydrogen (secondary N) is 1. The van der Waals surface area contributed by atoms with Crippen molar-refractivity contribution in [3.05, 3.63) is 33.6 Å². The Balaban J connectivity index is 1.56. The molecule has 1 aliphatic heterocycles. The molecule has 23 heavy (non-hydrogen) atoms. The van der Waals surface area contributed by atoms with E-state index < -0.39 is 0 Å². The number of amides is 1. The zero-order valence-corrected chi connectivity index (χ0v) is 14.1. The standard InChI is InChI=1S/C15H20N4O3S/c1-19-7-3-4-10(19)11-5-6-12(23-11)15(20)16-8-14-17-13(9-21-2)18-22-14/h5-6,10H,3-4,7-9H2,1-2H3,(H,16,20)/t10-/m0/s1. The minimum absolute atomic E-state index is 0.117. The zero-order valence-electron chi connectivity index (χ0n) is 13.2. The predicted molar refractivity (Wildman–Crippen MR) is 85.1 cm³/mol. The molecule has 3 heterocycles. The van der Waals surface area contributed by atoms with Gasteiger partial charge >= 0.3 is 0 Å². The SMILES string of the molecule is COCc1noc(CNC(=O)c2ccc([C@@H]3CCCN3C)s2)n1. The lowest BCUT2D eigenvalue weighted by molar-refractivity contribution is 0.0950. The molecule has 8 heteroatoms. The summed E-state index contributed by atoms with van der Waals surface area (Å²) in [7, 11) is 3.69. The van der Waals surface area contributed by atoms with Crippen LogP contribution in [0.1, 0.15) is 45.1 Å². The van der Waals surface area contributed by atoms with Crippen LogP contribution in [0.2, 0.25) is 0 Å². The van der Waals surface area contributed by atoms with Gasteiger partial charge in [-0.3, -0.25) is 9.69 Å². The number of methoxy groups -OCH3 is 1. The molecule has 1 aliphatic rings. The second-order valence-electron chi connectivity index (χ2n) is 5.56. The van der Waals surface area contributed by atoms with Crippen LogP contribution in [0.15, 0.2) is 16.7 Å². The lowest BCUT2D eigenvalue weighted by Crippen LogP contribution is -2.22. The van der Waals surface area contributed by atoms with Gasteiger partial charge < -0.3 is 14.6 Å². The Hall–Kier alpha value is -1.77. The minimum Gasteiger partial charge on any atom is -0.377 e. The molecule has 0 saturated carbocycles. The normalized spacial score (nSPS) is 18.4. The Morgan fingerprint density at radius 1 is 1.57 bits per heavy atom. The number of rotatable bonds is 6. The smallest absolute Gasteiger partial charge is 0.261 e. The van der Waals surface area contributed by atoms with Crippen molar-refractivity contribution in [1.29, 1.82) is 0 Å². The van der Waals surface area contributed by atoms with Gasteiger partial charge in [-0.25, -0.2) is 0 Å². The monoisotopic (exact) mass is 336 g/mol. The Labute approximate surface area is 138 Å². The average molecular weight is 336 g/mol. The fourth-order valence-electron chi connectivity index (χ4n) is 2.72. The topological polar surface area (TPSA) is 80.5 Å². The first-order valence-corrected chi connectivity index (χ1v) is 8.37. The number of carbonyl (C=O) groups excluding carboxylic acids is 1. The highest BCUT2D eigenvalue weighted by atomic mass is 32.1. The van der Waals surface area contributed by atoms with Crippen LogP contribution in [0.3, 0.4) is 0 Å². The summed E-state index contributed by atoms with van der Waals surface area (Å²) >= 11 is 1.55. The van der Waals surface area contributed by atoms with E-state index in [0.717, 1.165) is 13.0 Å². The Bertz CT molecular complexity index is 669. The van der Waals surface area contributed by atoms with Crippen LogP contribution in [0.5, 0.6) is 0 Å². The summed E-state index contributed by atoms with van der Waals surface area (Å²) in [6, 6.07) is 4.37. The van der Waals surface area contributed by atoms with E-state index in [2.05, 4.69) is 33.5 Å². The van der Waals surface area contributed by atoms with Crippen LogP contribution in [0.4, 0.5) is 0 Å². The summed E-state index contributed by atoms with van der Waals surface area (Å²) in [6.07, 6.45) is 2.36. The lowest BCUT2D eigenvalue weighted by Gasteiger charge is -2.17. The predicted octanol–water partition coefficient (Wildman–Crippen LogP) is 1.97. The number of hydrogen-bond donors (Lipinski definition) is 1. The maximum Gasteiger partial charge on any atom is 0.261 e. The van der Waals surface area contributed by atoms with Crippen LogP contribution in [0, 0.1) is 0 Å². The number of aromatic nitrogens is 2. The quantitative estimate of drug-likeness (QED) is 0.869. The van der Waals surface area contributed by atoms with Crippen molar-refractivity contribution in [2.24, 2.45) is 0 Å². The van der Waals surface area contributed by atoms with Crippen molar-refractivity contribution < 1.29 is 14.1 Å². The van der Waals surface area contributed by atoms with Gasteiger partial charge in [0.15, 0.2) is 5.82 Å². The molecule has 1 N–H and O–H groups in total. The van der Waals surface area contributed by atoms with E-state index in [9.17, 15) is 4.79 Å². The number of thiophene rings is 1. The van der Waals surface area contributed by atoms with Gasteiger partial charge in [-0.15, -0.1) is 11.3 Å². The molecular weight excluding hydrogens is 316 g/mol. The van der Waals surface area contributed by atoms with Gasteiger partial charge in [-0.2, -0.15) is 4.98 Å². The molecule has 0 radical (unpaired) electrons. The van der Waals surface area contributed by atoms with Gasteiger partial charge in [0.05, 0.1) is 11.4 Å². The van der Waals surface area contributed by atoms with Crippen molar-refractivity contribution in [1.82, 2.24) is 20.4 Å². The molecule has 0 aromatic carbocycles. The summed E-state index contributed by atoms with van der Waals surface area (Å²) in [5.74, 6) is 0.727. The Kier molecular flexibility index (Phi) is 5.04. The second-order valence-corrected chi connectivity index (χ2v) is 6.68. The summed E-state index contributed by atoms with van der Waals surface area (Å²) in [5.41, 5.74) is 0. The van der Waals surface area contributed by atoms with Crippen LogP contribution >= 0.6 is 11.3 Å². The highest BCUT2D eigenvalue weighted by Crippen LogP contribution is 2.34. The highest BCUT2D eigenvalue weighted by molar-refractivity contribution is 7.14. The van der Waals surface area contributed by atoms with Crippen molar-refractivity contribution in [2.45, 2.75) is 32.0 Å². The van der Waals surface area contributed by atoms with Crippen LogP contribution in [-0.4, -0.2) is 41.6 Å². The number of ether oxygens (including phenoxy) is 1. The molecule has 2 aromatic rings. The fraction of sp³-hybridized carbons (Fsp3) is 0.533. The third kappa shape index (κ3) is 3.77. The lowest BCUT2D eigenvalue weighted by atomic mass is 10.2. The van der Waals surface area contributed by atoms with Crippen molar-refractivity contribution in [2.75, 3.05) is 20.7 Å². The molecule has 3 rings (SSSR count). The number of carbonyl (C=O) groups is 1. The summed E-state index contributed by atoms with van der Waals surface area (Å²) in [5, 5.41) is 6.56. The van der Waals surface area contributed by atoms with E-state index in [4.69, 9.17) is 9.26 Å². The van der Waals surface area contributed by atoms with E-state index >= 15 is 0 Å². The first-order valence-electron chi connectivity index (χ1n) is 7.56. The molecule has 1 saturated heterocycles. The maximum absolute atomic E-state index is 12.2. The molecule has 1 fully saturated rings. The summed E-state index contributed by atoms with van der Waals surface area (Å²) in [4.78, 5) is 20.6. The van der Waals surface area contributed by atoms with Gasteiger partial charge in [0.1, 0.15) is 6.61 Å². The molecule has 1 atom stereocenters. The van der Waals surface area contributed by atoms with Gasteiger partial charge in [-0.1, -0.05) is 5.16 Å². The van der Waals surface area contributed by atoms with Gasteiger partial charge in [-0.05, 0) is 38.6 Å². The third-order valence-corrected chi connectivity index (χ3v) is 5.07. The highest BCUT2D eigenvalue weighted by Gasteiger charge is 2.24. The molecule has 124 valence electrons. The third-order valence-electron chi connectivity index (χ3n) is 3.88. The molecule has 0 aliphatic carbocycles. The van der Waals surface area contributed by atoms with Crippen molar-refractivity contribution in [3.8, 4) is 0 Å². The van der Waals surface area contributed by atoms with Crippen LogP contribution in [-0.2, 0) is 17.9 Å². The van der Waals surface area contributed by atoms with Crippen LogP contribution < -0.4 is 5.32 Å². The van der Waals surface area contributed by atoms with E-state index in [1.807, 2.05) is 6.07 Å². The Morgan fingerprint density at radius 2 is 2.43 bits per heavy atom. The van der Waals surface area contributed by atoms with E-state index in [0.29, 0.717) is 29.2 Å².